The van der Waals surface area contributed by atoms with Crippen LogP contribution >= 0.6 is 0 Å². The summed E-state index contributed by atoms with van der Waals surface area (Å²) in [6.45, 7) is 0.614. The minimum absolute atomic E-state index is 0.00137. The lowest BCUT2D eigenvalue weighted by Gasteiger charge is -2.31. The van der Waals surface area contributed by atoms with Crippen LogP contribution in [0.15, 0.2) is 72.0 Å². The van der Waals surface area contributed by atoms with Crippen LogP contribution in [0, 0.1) is 11.7 Å². The van der Waals surface area contributed by atoms with E-state index in [9.17, 15) is 17.6 Å². The summed E-state index contributed by atoms with van der Waals surface area (Å²) in [5.41, 5.74) is 0.917. The van der Waals surface area contributed by atoms with Crippen LogP contribution in [-0.2, 0) is 21.4 Å². The van der Waals surface area contributed by atoms with E-state index in [1.165, 1.54) is 16.4 Å². The maximum atomic E-state index is 13.2. The molecule has 1 unspecified atom stereocenters. The van der Waals surface area contributed by atoms with Gasteiger partial charge in [0.2, 0.25) is 15.9 Å². The monoisotopic (exact) mass is 470 g/mol. The fourth-order valence-electron chi connectivity index (χ4n) is 3.59. The molecule has 3 heterocycles. The number of piperidine rings is 1. The molecule has 0 aliphatic carbocycles. The highest BCUT2D eigenvalue weighted by Crippen LogP contribution is 2.27. The van der Waals surface area contributed by atoms with Gasteiger partial charge in [-0.2, -0.15) is 4.31 Å². The number of pyridine rings is 2. The van der Waals surface area contributed by atoms with Crippen LogP contribution < -0.4 is 10.1 Å². The van der Waals surface area contributed by atoms with E-state index in [4.69, 9.17) is 4.74 Å². The summed E-state index contributed by atoms with van der Waals surface area (Å²) in [6.07, 6.45) is 5.95. The van der Waals surface area contributed by atoms with Gasteiger partial charge in [-0.15, -0.1) is 0 Å². The Morgan fingerprint density at radius 3 is 2.64 bits per heavy atom. The molecule has 4 rings (SSSR count). The molecule has 1 N–H and O–H groups in total. The van der Waals surface area contributed by atoms with Crippen LogP contribution in [0.5, 0.6) is 5.75 Å². The number of rotatable bonds is 7. The number of amides is 1. The molecular formula is C23H23FN4O4S. The maximum absolute atomic E-state index is 13.2. The minimum atomic E-state index is -3.82. The van der Waals surface area contributed by atoms with Crippen molar-refractivity contribution in [3.05, 3.63) is 78.5 Å². The Kier molecular flexibility index (Phi) is 6.95. The highest BCUT2D eigenvalue weighted by Gasteiger charge is 2.33. The summed E-state index contributed by atoms with van der Waals surface area (Å²) in [4.78, 5) is 21.1. The minimum Gasteiger partial charge on any atom is -0.485 e. The van der Waals surface area contributed by atoms with Gasteiger partial charge in [0, 0.05) is 31.7 Å². The third-order valence-corrected chi connectivity index (χ3v) is 7.24. The number of sulfonamides is 1. The second-order valence-electron chi connectivity index (χ2n) is 7.64. The van der Waals surface area contributed by atoms with Gasteiger partial charge >= 0.3 is 0 Å². The van der Waals surface area contributed by atoms with Crippen LogP contribution in [-0.4, -0.2) is 41.7 Å². The number of halogens is 1. The van der Waals surface area contributed by atoms with Gasteiger partial charge < -0.3 is 10.1 Å². The Hall–Kier alpha value is -3.37. The van der Waals surface area contributed by atoms with E-state index in [2.05, 4.69) is 15.3 Å². The number of nitrogens with zero attached hydrogens (tertiary/aromatic N) is 3. The third kappa shape index (κ3) is 5.52. The smallest absolute Gasteiger partial charge is 0.243 e. The molecule has 1 amide bonds. The van der Waals surface area contributed by atoms with Gasteiger partial charge in [-0.25, -0.2) is 17.8 Å². The van der Waals surface area contributed by atoms with Gasteiger partial charge in [0.1, 0.15) is 12.4 Å². The van der Waals surface area contributed by atoms with Crippen molar-refractivity contribution in [1.82, 2.24) is 14.3 Å². The second-order valence-corrected chi connectivity index (χ2v) is 9.58. The first kappa shape index (κ1) is 22.8. The molecule has 1 aromatic carbocycles. The van der Waals surface area contributed by atoms with E-state index in [1.807, 2.05) is 12.1 Å². The van der Waals surface area contributed by atoms with Gasteiger partial charge in [-0.1, -0.05) is 0 Å². The second kappa shape index (κ2) is 10.1. The molecule has 8 nitrogen and oxygen atoms in total. The Bertz CT molecular complexity index is 1210. The van der Waals surface area contributed by atoms with Crippen molar-refractivity contribution in [2.45, 2.75) is 24.3 Å². The average Bonchev–Trinajstić information content (AvgIpc) is 2.84. The normalized spacial score (nSPS) is 16.8. The molecule has 0 bridgehead atoms. The Morgan fingerprint density at radius 2 is 1.88 bits per heavy atom. The summed E-state index contributed by atoms with van der Waals surface area (Å²) >= 11 is 0. The molecular weight excluding hydrogens is 447 g/mol. The molecule has 1 aliphatic rings. The first-order valence-corrected chi connectivity index (χ1v) is 11.9. The fourth-order valence-corrected chi connectivity index (χ4v) is 5.11. The Balaban J connectivity index is 1.43. The topological polar surface area (TPSA) is 101 Å². The van der Waals surface area contributed by atoms with Crippen LogP contribution in [0.1, 0.15) is 18.4 Å². The molecule has 0 saturated carbocycles. The lowest BCUT2D eigenvalue weighted by atomic mass is 9.99. The number of hydrogen-bond donors (Lipinski definition) is 1. The number of aromatic nitrogens is 2. The summed E-state index contributed by atoms with van der Waals surface area (Å²) in [7, 11) is -3.82. The number of ether oxygens (including phenoxy) is 1. The van der Waals surface area contributed by atoms with E-state index in [-0.39, 0.29) is 29.8 Å². The molecule has 1 saturated heterocycles. The quantitative estimate of drug-likeness (QED) is 0.569. The molecule has 3 aromatic rings. The SMILES string of the molecule is O=C(Nc1ncccc1OCc1ccncc1)C1CCCN(S(=O)(=O)c2ccc(F)cc2)C1. The molecule has 1 atom stereocenters. The molecule has 1 fully saturated rings. The van der Waals surface area contributed by atoms with E-state index in [0.717, 1.165) is 17.7 Å². The van der Waals surface area contributed by atoms with Gasteiger partial charge in [-0.05, 0) is 66.9 Å². The molecule has 0 spiro atoms. The lowest BCUT2D eigenvalue weighted by molar-refractivity contribution is -0.120. The van der Waals surface area contributed by atoms with Crippen molar-refractivity contribution in [3.63, 3.8) is 0 Å². The number of nitrogens with one attached hydrogen (secondary N) is 1. The van der Waals surface area contributed by atoms with Gasteiger partial charge in [-0.3, -0.25) is 9.78 Å². The third-order valence-electron chi connectivity index (χ3n) is 5.36. The lowest BCUT2D eigenvalue weighted by Crippen LogP contribution is -2.43. The predicted molar refractivity (Wildman–Crippen MR) is 119 cm³/mol. The molecule has 172 valence electrons. The van der Waals surface area contributed by atoms with Crippen molar-refractivity contribution in [3.8, 4) is 5.75 Å². The van der Waals surface area contributed by atoms with Crippen molar-refractivity contribution >= 4 is 21.7 Å². The van der Waals surface area contributed by atoms with E-state index in [0.29, 0.717) is 25.1 Å². The Morgan fingerprint density at radius 1 is 1.12 bits per heavy atom. The molecule has 33 heavy (non-hydrogen) atoms. The van der Waals surface area contributed by atoms with Crippen molar-refractivity contribution in [1.29, 1.82) is 0 Å². The van der Waals surface area contributed by atoms with E-state index >= 15 is 0 Å². The largest absolute Gasteiger partial charge is 0.485 e. The zero-order chi connectivity index (χ0) is 23.3. The zero-order valence-electron chi connectivity index (χ0n) is 17.7. The first-order valence-electron chi connectivity index (χ1n) is 10.5. The predicted octanol–water partition coefficient (Wildman–Crippen LogP) is 3.23. The number of carbonyl (C=O) groups excluding carboxylic acids is 1. The van der Waals surface area contributed by atoms with Crippen LogP contribution in [0.2, 0.25) is 0 Å². The van der Waals surface area contributed by atoms with Gasteiger partial charge in [0.05, 0.1) is 10.8 Å². The number of carbonyl (C=O) groups is 1. The number of hydrogen-bond acceptors (Lipinski definition) is 6. The maximum Gasteiger partial charge on any atom is 0.243 e. The van der Waals surface area contributed by atoms with Crippen LogP contribution in [0.25, 0.3) is 0 Å². The number of benzene rings is 1. The fraction of sp³-hybridized carbons (Fsp3) is 0.261. The molecule has 10 heteroatoms. The number of anilines is 1. The standard InChI is InChI=1S/C23H23FN4O4S/c24-19-5-7-20(8-6-19)33(30,31)28-14-2-3-18(15-28)23(29)27-22-21(4-1-11-26-22)32-16-17-9-12-25-13-10-17/h1,4-13,18H,2-3,14-16H2,(H,26,27,29). The van der Waals surface area contributed by atoms with Crippen molar-refractivity contribution < 1.29 is 22.3 Å². The average molecular weight is 471 g/mol. The van der Waals surface area contributed by atoms with E-state index in [1.54, 1.807) is 30.7 Å². The Labute approximate surface area is 191 Å². The molecule has 1 aliphatic heterocycles. The van der Waals surface area contributed by atoms with Gasteiger partial charge in [0.15, 0.2) is 11.6 Å². The summed E-state index contributed by atoms with van der Waals surface area (Å²) in [5, 5.41) is 2.78. The van der Waals surface area contributed by atoms with Crippen molar-refractivity contribution in [2.24, 2.45) is 5.92 Å². The van der Waals surface area contributed by atoms with E-state index < -0.39 is 21.8 Å². The van der Waals surface area contributed by atoms with Gasteiger partial charge in [0.25, 0.3) is 0 Å². The van der Waals surface area contributed by atoms with Crippen LogP contribution in [0.3, 0.4) is 0 Å². The zero-order valence-corrected chi connectivity index (χ0v) is 18.5. The first-order chi connectivity index (χ1) is 15.9. The summed E-state index contributed by atoms with van der Waals surface area (Å²) in [5.74, 6) is -0.711. The molecule has 2 aromatic heterocycles. The van der Waals surface area contributed by atoms with Crippen molar-refractivity contribution in [2.75, 3.05) is 18.4 Å². The van der Waals surface area contributed by atoms with Crippen LogP contribution in [0.4, 0.5) is 10.2 Å². The summed E-state index contributed by atoms with van der Waals surface area (Å²) in [6, 6.07) is 11.7. The highest BCUT2D eigenvalue weighted by atomic mass is 32.2. The highest BCUT2D eigenvalue weighted by molar-refractivity contribution is 7.89. The summed E-state index contributed by atoms with van der Waals surface area (Å²) < 4.78 is 46.1. The molecule has 0 radical (unpaired) electrons.